The lowest BCUT2D eigenvalue weighted by molar-refractivity contribution is 0.202. The number of hydrogen-bond donors (Lipinski definition) is 1. The molecule has 2 unspecified atom stereocenters. The van der Waals surface area contributed by atoms with Gasteiger partial charge in [0.2, 0.25) is 10.0 Å². The Kier molecular flexibility index (Phi) is 3.05. The van der Waals surface area contributed by atoms with Crippen molar-refractivity contribution in [1.82, 2.24) is 14.1 Å². The fourth-order valence-electron chi connectivity index (χ4n) is 3.52. The molecule has 7 heteroatoms. The average Bonchev–Trinajstić information content (AvgIpc) is 2.94. The van der Waals surface area contributed by atoms with Crippen LogP contribution in [0.3, 0.4) is 0 Å². The van der Waals surface area contributed by atoms with Crippen LogP contribution in [0.1, 0.15) is 32.1 Å². The van der Waals surface area contributed by atoms with Gasteiger partial charge in [-0.05, 0) is 31.6 Å². The van der Waals surface area contributed by atoms with Crippen LogP contribution in [0.4, 0.5) is 5.82 Å². The lowest BCUT2D eigenvalue weighted by Crippen LogP contribution is -2.46. The number of fused-ring (bicyclic) bond motifs is 1. The minimum atomic E-state index is -3.50. The molecule has 19 heavy (non-hydrogen) atoms. The Morgan fingerprint density at radius 1 is 1.32 bits per heavy atom. The normalized spacial score (nSPS) is 28.5. The van der Waals surface area contributed by atoms with Gasteiger partial charge in [-0.1, -0.05) is 6.42 Å². The molecule has 0 bridgehead atoms. The number of rotatable bonds is 2. The first kappa shape index (κ1) is 12.9. The van der Waals surface area contributed by atoms with Crippen LogP contribution in [-0.2, 0) is 17.1 Å². The number of aryl methyl sites for hydroxylation is 1. The van der Waals surface area contributed by atoms with Crippen molar-refractivity contribution in [2.24, 2.45) is 13.0 Å². The molecule has 0 radical (unpaired) electrons. The molecule has 2 atom stereocenters. The third-order valence-corrected chi connectivity index (χ3v) is 6.29. The van der Waals surface area contributed by atoms with Crippen LogP contribution in [0.2, 0.25) is 0 Å². The van der Waals surface area contributed by atoms with E-state index in [1.165, 1.54) is 10.9 Å². The van der Waals surface area contributed by atoms with E-state index in [1.807, 2.05) is 0 Å². The van der Waals surface area contributed by atoms with Gasteiger partial charge < -0.3 is 5.73 Å². The lowest BCUT2D eigenvalue weighted by atomic mass is 9.94. The van der Waals surface area contributed by atoms with Crippen LogP contribution in [0.25, 0.3) is 0 Å². The van der Waals surface area contributed by atoms with Gasteiger partial charge in [-0.15, -0.1) is 0 Å². The molecule has 1 aliphatic heterocycles. The van der Waals surface area contributed by atoms with Crippen molar-refractivity contribution >= 4 is 15.8 Å². The van der Waals surface area contributed by atoms with Gasteiger partial charge in [-0.3, -0.25) is 4.68 Å². The summed E-state index contributed by atoms with van der Waals surface area (Å²) >= 11 is 0. The highest BCUT2D eigenvalue weighted by Gasteiger charge is 2.42. The van der Waals surface area contributed by atoms with Gasteiger partial charge in [-0.25, -0.2) is 8.42 Å². The van der Waals surface area contributed by atoms with E-state index in [9.17, 15) is 8.42 Å². The molecule has 1 saturated carbocycles. The number of piperidine rings is 1. The molecule has 2 fully saturated rings. The van der Waals surface area contributed by atoms with Gasteiger partial charge in [0.05, 0.1) is 0 Å². The van der Waals surface area contributed by atoms with E-state index in [0.29, 0.717) is 12.5 Å². The van der Waals surface area contributed by atoms with Crippen molar-refractivity contribution in [3.8, 4) is 0 Å². The molecular formula is C12H20N4O2S. The first-order valence-electron chi connectivity index (χ1n) is 6.81. The maximum absolute atomic E-state index is 12.8. The van der Waals surface area contributed by atoms with E-state index in [0.717, 1.165) is 32.1 Å². The second-order valence-electron chi connectivity index (χ2n) is 5.57. The van der Waals surface area contributed by atoms with Crippen LogP contribution in [-0.4, -0.2) is 35.1 Å². The van der Waals surface area contributed by atoms with E-state index in [2.05, 4.69) is 5.10 Å². The second-order valence-corrected chi connectivity index (χ2v) is 7.43. The van der Waals surface area contributed by atoms with Crippen molar-refractivity contribution in [3.05, 3.63) is 6.20 Å². The Balaban J connectivity index is 1.97. The van der Waals surface area contributed by atoms with Gasteiger partial charge in [-0.2, -0.15) is 9.40 Å². The first-order chi connectivity index (χ1) is 9.00. The predicted molar refractivity (Wildman–Crippen MR) is 71.9 cm³/mol. The maximum Gasteiger partial charge on any atom is 0.248 e. The lowest BCUT2D eigenvalue weighted by Gasteiger charge is -2.36. The van der Waals surface area contributed by atoms with Gasteiger partial charge >= 0.3 is 0 Å². The summed E-state index contributed by atoms with van der Waals surface area (Å²) in [6.07, 6.45) is 6.86. The number of nitrogens with two attached hydrogens (primary N) is 1. The topological polar surface area (TPSA) is 81.2 Å². The summed E-state index contributed by atoms with van der Waals surface area (Å²) in [5.74, 6) is 0.629. The van der Waals surface area contributed by atoms with Crippen LogP contribution in [0.15, 0.2) is 11.1 Å². The fourth-order valence-corrected chi connectivity index (χ4v) is 5.36. The first-order valence-corrected chi connectivity index (χ1v) is 8.25. The summed E-state index contributed by atoms with van der Waals surface area (Å²) in [4.78, 5) is 0.155. The molecular weight excluding hydrogens is 264 g/mol. The monoisotopic (exact) mass is 284 g/mol. The smallest absolute Gasteiger partial charge is 0.248 e. The van der Waals surface area contributed by atoms with Gasteiger partial charge in [0.15, 0.2) is 5.82 Å². The molecule has 1 saturated heterocycles. The zero-order valence-corrected chi connectivity index (χ0v) is 11.9. The van der Waals surface area contributed by atoms with Crippen LogP contribution >= 0.6 is 0 Å². The molecule has 3 rings (SSSR count). The molecule has 1 aromatic heterocycles. The minimum Gasteiger partial charge on any atom is -0.381 e. The molecule has 2 aliphatic rings. The highest BCUT2D eigenvalue weighted by Crippen LogP contribution is 2.39. The Morgan fingerprint density at radius 2 is 2.05 bits per heavy atom. The summed E-state index contributed by atoms with van der Waals surface area (Å²) in [5, 5.41) is 3.95. The Hall–Kier alpha value is -1.08. The predicted octanol–water partition coefficient (Wildman–Crippen LogP) is 0.955. The Bertz CT molecular complexity index is 581. The van der Waals surface area contributed by atoms with Crippen molar-refractivity contribution in [1.29, 1.82) is 0 Å². The number of aromatic nitrogens is 2. The minimum absolute atomic E-state index is 0.0996. The van der Waals surface area contributed by atoms with Crippen molar-refractivity contribution < 1.29 is 8.42 Å². The van der Waals surface area contributed by atoms with Gasteiger partial charge in [0.25, 0.3) is 0 Å². The number of hydrogen-bond acceptors (Lipinski definition) is 4. The number of nitrogens with zero attached hydrogens (tertiary/aromatic N) is 3. The molecule has 2 N–H and O–H groups in total. The summed E-state index contributed by atoms with van der Waals surface area (Å²) in [7, 11) is -1.82. The van der Waals surface area contributed by atoms with Crippen LogP contribution < -0.4 is 5.73 Å². The molecule has 0 amide bonds. The molecule has 0 aromatic carbocycles. The zero-order valence-electron chi connectivity index (χ0n) is 11.1. The molecule has 2 heterocycles. The van der Waals surface area contributed by atoms with Crippen molar-refractivity contribution in [2.75, 3.05) is 12.3 Å². The molecule has 6 nitrogen and oxygen atoms in total. The summed E-state index contributed by atoms with van der Waals surface area (Å²) in [6.45, 7) is 0.609. The highest BCUT2D eigenvalue weighted by atomic mass is 32.2. The Labute approximate surface area is 113 Å². The average molecular weight is 284 g/mol. The van der Waals surface area contributed by atoms with Gasteiger partial charge in [0.1, 0.15) is 4.90 Å². The fraction of sp³-hybridized carbons (Fsp3) is 0.750. The van der Waals surface area contributed by atoms with E-state index in [1.54, 1.807) is 11.4 Å². The number of nitrogen functional groups attached to an aromatic ring is 1. The molecule has 1 aromatic rings. The highest BCUT2D eigenvalue weighted by molar-refractivity contribution is 7.89. The van der Waals surface area contributed by atoms with Crippen molar-refractivity contribution in [3.63, 3.8) is 0 Å². The molecule has 106 valence electrons. The largest absolute Gasteiger partial charge is 0.381 e. The van der Waals surface area contributed by atoms with E-state index in [-0.39, 0.29) is 16.8 Å². The van der Waals surface area contributed by atoms with Crippen LogP contribution in [0.5, 0.6) is 0 Å². The number of sulfonamides is 1. The second kappa shape index (κ2) is 4.49. The molecule has 1 aliphatic carbocycles. The van der Waals surface area contributed by atoms with Crippen molar-refractivity contribution in [2.45, 2.75) is 43.0 Å². The third kappa shape index (κ3) is 2.04. The van der Waals surface area contributed by atoms with E-state index < -0.39 is 10.0 Å². The van der Waals surface area contributed by atoms with Gasteiger partial charge in [0, 0.05) is 25.8 Å². The summed E-state index contributed by atoms with van der Waals surface area (Å²) in [5.41, 5.74) is 5.73. The zero-order chi connectivity index (χ0) is 13.6. The quantitative estimate of drug-likeness (QED) is 0.877. The summed E-state index contributed by atoms with van der Waals surface area (Å²) < 4.78 is 28.6. The van der Waals surface area contributed by atoms with E-state index >= 15 is 0 Å². The molecule has 0 spiro atoms. The third-order valence-electron chi connectivity index (χ3n) is 4.35. The number of anilines is 1. The maximum atomic E-state index is 12.8. The van der Waals surface area contributed by atoms with E-state index in [4.69, 9.17) is 5.73 Å². The standard InChI is InChI=1S/C12H20N4O2S/c1-15-8-11(12(13)14-15)19(17,18)16-7-3-5-9-4-2-6-10(9)16/h8-10H,2-7H2,1H3,(H2,13,14). The Morgan fingerprint density at radius 3 is 2.74 bits per heavy atom. The SMILES string of the molecule is Cn1cc(S(=O)(=O)N2CCCC3CCCC32)c(N)n1. The van der Waals surface area contributed by atoms with Crippen LogP contribution in [0, 0.1) is 5.92 Å². The summed E-state index contributed by atoms with van der Waals surface area (Å²) in [6, 6.07) is 0.165.